The SMILES string of the molecule is CC(C)[C@@H](NC(=O)[C@H](C)N)C(=O)NCC(=O)OCc1ccccc1. The monoisotopic (exact) mass is 335 g/mol. The Morgan fingerprint density at radius 3 is 2.25 bits per heavy atom. The highest BCUT2D eigenvalue weighted by molar-refractivity contribution is 5.91. The van der Waals surface area contributed by atoms with E-state index < -0.39 is 29.9 Å². The topological polar surface area (TPSA) is 111 Å². The van der Waals surface area contributed by atoms with Crippen LogP contribution in [0, 0.1) is 5.92 Å². The number of carbonyl (C=O) groups excluding carboxylic acids is 3. The molecule has 0 spiro atoms. The highest BCUT2D eigenvalue weighted by atomic mass is 16.5. The van der Waals surface area contributed by atoms with Crippen molar-refractivity contribution in [2.75, 3.05) is 6.54 Å². The van der Waals surface area contributed by atoms with Gasteiger partial charge in [-0.1, -0.05) is 44.2 Å². The van der Waals surface area contributed by atoms with Gasteiger partial charge in [0.05, 0.1) is 6.04 Å². The van der Waals surface area contributed by atoms with Crippen LogP contribution in [-0.2, 0) is 25.7 Å². The van der Waals surface area contributed by atoms with Crippen molar-refractivity contribution in [2.24, 2.45) is 11.7 Å². The number of nitrogens with two attached hydrogens (primary N) is 1. The average Bonchev–Trinajstić information content (AvgIpc) is 2.55. The molecule has 0 unspecified atom stereocenters. The first kappa shape index (κ1) is 19.6. The zero-order valence-corrected chi connectivity index (χ0v) is 14.2. The van der Waals surface area contributed by atoms with Crippen LogP contribution in [0.2, 0.25) is 0 Å². The molecule has 0 bridgehead atoms. The Bertz CT molecular complexity index is 558. The van der Waals surface area contributed by atoms with Gasteiger partial charge in [-0.05, 0) is 18.4 Å². The van der Waals surface area contributed by atoms with E-state index in [1.54, 1.807) is 13.8 Å². The summed E-state index contributed by atoms with van der Waals surface area (Å²) < 4.78 is 5.08. The van der Waals surface area contributed by atoms with Gasteiger partial charge in [-0.25, -0.2) is 0 Å². The normalized spacial score (nSPS) is 13.0. The number of carbonyl (C=O) groups is 3. The van der Waals surface area contributed by atoms with E-state index in [1.807, 2.05) is 30.3 Å². The van der Waals surface area contributed by atoms with Crippen molar-refractivity contribution in [3.63, 3.8) is 0 Å². The summed E-state index contributed by atoms with van der Waals surface area (Å²) in [5, 5.41) is 5.04. The van der Waals surface area contributed by atoms with Gasteiger partial charge in [0, 0.05) is 0 Å². The lowest BCUT2D eigenvalue weighted by atomic mass is 10.0. The van der Waals surface area contributed by atoms with E-state index in [0.717, 1.165) is 5.56 Å². The molecule has 7 heteroatoms. The summed E-state index contributed by atoms with van der Waals surface area (Å²) in [6, 6.07) is 7.77. The van der Waals surface area contributed by atoms with Crippen molar-refractivity contribution in [3.8, 4) is 0 Å². The number of amides is 2. The first-order valence-electron chi connectivity index (χ1n) is 7.84. The van der Waals surface area contributed by atoms with Crippen LogP contribution in [0.25, 0.3) is 0 Å². The predicted molar refractivity (Wildman–Crippen MR) is 89.7 cm³/mol. The van der Waals surface area contributed by atoms with E-state index in [1.165, 1.54) is 6.92 Å². The first-order chi connectivity index (χ1) is 11.3. The molecule has 0 radical (unpaired) electrons. The quantitative estimate of drug-likeness (QED) is 0.593. The van der Waals surface area contributed by atoms with E-state index in [2.05, 4.69) is 10.6 Å². The lowest BCUT2D eigenvalue weighted by Gasteiger charge is -2.22. The maximum absolute atomic E-state index is 12.1. The third kappa shape index (κ3) is 6.78. The van der Waals surface area contributed by atoms with Crippen LogP contribution in [0.15, 0.2) is 30.3 Å². The lowest BCUT2D eigenvalue weighted by molar-refractivity contribution is -0.145. The molecule has 132 valence electrons. The molecule has 2 amide bonds. The molecule has 1 rings (SSSR count). The summed E-state index contributed by atoms with van der Waals surface area (Å²) in [4.78, 5) is 35.5. The predicted octanol–water partition coefficient (Wildman–Crippen LogP) is 0.334. The van der Waals surface area contributed by atoms with Gasteiger partial charge < -0.3 is 21.1 Å². The van der Waals surface area contributed by atoms with Gasteiger partial charge in [0.1, 0.15) is 19.2 Å². The average molecular weight is 335 g/mol. The van der Waals surface area contributed by atoms with E-state index >= 15 is 0 Å². The maximum Gasteiger partial charge on any atom is 0.325 e. The molecule has 0 saturated carbocycles. The molecule has 0 aromatic heterocycles. The molecular weight excluding hydrogens is 310 g/mol. The molecule has 0 aliphatic carbocycles. The number of esters is 1. The van der Waals surface area contributed by atoms with E-state index in [0.29, 0.717) is 0 Å². The Morgan fingerprint density at radius 2 is 1.71 bits per heavy atom. The number of hydrogen-bond acceptors (Lipinski definition) is 5. The van der Waals surface area contributed by atoms with Gasteiger partial charge in [0.25, 0.3) is 0 Å². The van der Waals surface area contributed by atoms with E-state index in [4.69, 9.17) is 10.5 Å². The second-order valence-corrected chi connectivity index (χ2v) is 5.88. The van der Waals surface area contributed by atoms with Crippen LogP contribution in [0.1, 0.15) is 26.3 Å². The molecule has 1 aromatic rings. The fraction of sp³-hybridized carbons (Fsp3) is 0.471. The van der Waals surface area contributed by atoms with Crippen LogP contribution in [-0.4, -0.2) is 36.4 Å². The number of rotatable bonds is 8. The molecule has 7 nitrogen and oxygen atoms in total. The molecular formula is C17H25N3O4. The van der Waals surface area contributed by atoms with E-state index in [-0.39, 0.29) is 19.1 Å². The minimum absolute atomic E-state index is 0.143. The largest absolute Gasteiger partial charge is 0.460 e. The zero-order valence-electron chi connectivity index (χ0n) is 14.2. The van der Waals surface area contributed by atoms with Gasteiger partial charge in [-0.2, -0.15) is 0 Å². The van der Waals surface area contributed by atoms with Gasteiger partial charge in [0.15, 0.2) is 0 Å². The summed E-state index contributed by atoms with van der Waals surface area (Å²) in [6.45, 7) is 5.00. The molecule has 24 heavy (non-hydrogen) atoms. The Kier molecular flexibility index (Phi) is 7.91. The zero-order chi connectivity index (χ0) is 18.1. The van der Waals surface area contributed by atoms with Crippen LogP contribution >= 0.6 is 0 Å². The highest BCUT2D eigenvalue weighted by Gasteiger charge is 2.25. The van der Waals surface area contributed by atoms with Crippen LogP contribution in [0.4, 0.5) is 0 Å². The summed E-state index contributed by atoms with van der Waals surface area (Å²) in [7, 11) is 0. The van der Waals surface area contributed by atoms with Gasteiger partial charge in [-0.3, -0.25) is 14.4 Å². The van der Waals surface area contributed by atoms with Crippen molar-refractivity contribution in [1.29, 1.82) is 0 Å². The van der Waals surface area contributed by atoms with Gasteiger partial charge in [0.2, 0.25) is 11.8 Å². The Balaban J connectivity index is 2.44. The molecule has 1 aromatic carbocycles. The summed E-state index contributed by atoms with van der Waals surface area (Å²) in [6.07, 6.45) is 0. The summed E-state index contributed by atoms with van der Waals surface area (Å²) in [5.74, 6) is -1.56. The minimum Gasteiger partial charge on any atom is -0.460 e. The van der Waals surface area contributed by atoms with Crippen LogP contribution in [0.3, 0.4) is 0 Å². The molecule has 0 fully saturated rings. The Hall–Kier alpha value is -2.41. The number of ether oxygens (including phenoxy) is 1. The van der Waals surface area contributed by atoms with Crippen LogP contribution in [0.5, 0.6) is 0 Å². The van der Waals surface area contributed by atoms with Gasteiger partial charge in [-0.15, -0.1) is 0 Å². The van der Waals surface area contributed by atoms with Gasteiger partial charge >= 0.3 is 5.97 Å². The van der Waals surface area contributed by atoms with Crippen molar-refractivity contribution >= 4 is 17.8 Å². The summed E-state index contributed by atoms with van der Waals surface area (Å²) in [5.41, 5.74) is 6.35. The van der Waals surface area contributed by atoms with Crippen molar-refractivity contribution in [2.45, 2.75) is 39.5 Å². The fourth-order valence-electron chi connectivity index (χ4n) is 1.88. The fourth-order valence-corrected chi connectivity index (χ4v) is 1.88. The molecule has 0 aliphatic heterocycles. The lowest BCUT2D eigenvalue weighted by Crippen LogP contribution is -2.53. The molecule has 0 saturated heterocycles. The third-order valence-corrected chi connectivity index (χ3v) is 3.31. The highest BCUT2D eigenvalue weighted by Crippen LogP contribution is 2.03. The second-order valence-electron chi connectivity index (χ2n) is 5.88. The number of benzene rings is 1. The Morgan fingerprint density at radius 1 is 1.08 bits per heavy atom. The van der Waals surface area contributed by atoms with E-state index in [9.17, 15) is 14.4 Å². The molecule has 4 N–H and O–H groups in total. The van der Waals surface area contributed by atoms with Crippen molar-refractivity contribution in [1.82, 2.24) is 10.6 Å². The number of hydrogen-bond donors (Lipinski definition) is 3. The second kappa shape index (κ2) is 9.67. The maximum atomic E-state index is 12.1. The number of nitrogens with one attached hydrogen (secondary N) is 2. The van der Waals surface area contributed by atoms with Crippen molar-refractivity contribution in [3.05, 3.63) is 35.9 Å². The minimum atomic E-state index is -0.759. The van der Waals surface area contributed by atoms with Crippen LogP contribution < -0.4 is 16.4 Å². The molecule has 0 heterocycles. The summed E-state index contributed by atoms with van der Waals surface area (Å²) >= 11 is 0. The van der Waals surface area contributed by atoms with Crippen molar-refractivity contribution < 1.29 is 19.1 Å². The molecule has 2 atom stereocenters. The Labute approximate surface area is 141 Å². The molecule has 0 aliphatic rings. The smallest absolute Gasteiger partial charge is 0.325 e. The standard InChI is InChI=1S/C17H25N3O4/c1-11(2)15(20-16(22)12(3)18)17(23)19-9-14(21)24-10-13-7-5-4-6-8-13/h4-8,11-12,15H,9-10,18H2,1-3H3,(H,19,23)(H,20,22)/t12-,15+/m0/s1. The first-order valence-corrected chi connectivity index (χ1v) is 7.84. The third-order valence-electron chi connectivity index (χ3n) is 3.31.